The topological polar surface area (TPSA) is 46.3 Å². The zero-order valence-corrected chi connectivity index (χ0v) is 11.3. The third-order valence-corrected chi connectivity index (χ3v) is 2.83. The van der Waals surface area contributed by atoms with Gasteiger partial charge in [0, 0.05) is 31.1 Å². The first kappa shape index (κ1) is 15.4. The van der Waals surface area contributed by atoms with E-state index < -0.39 is 0 Å². The number of hydrogen-bond donors (Lipinski definition) is 1. The summed E-state index contributed by atoms with van der Waals surface area (Å²) in [4.78, 5) is 13.6. The second kappa shape index (κ2) is 7.69. The fourth-order valence-electron chi connectivity index (χ4n) is 1.75. The van der Waals surface area contributed by atoms with Crippen molar-refractivity contribution < 1.29 is 9.18 Å². The Morgan fingerprint density at radius 2 is 2.21 bits per heavy atom. The molecule has 0 radical (unpaired) electrons. The van der Waals surface area contributed by atoms with E-state index in [9.17, 15) is 9.18 Å². The number of amides is 1. The minimum absolute atomic E-state index is 0.0111. The summed E-state index contributed by atoms with van der Waals surface area (Å²) < 4.78 is 13.6. The Hall–Kier alpha value is -1.68. The van der Waals surface area contributed by atoms with Gasteiger partial charge in [0.05, 0.1) is 0 Å². The van der Waals surface area contributed by atoms with Gasteiger partial charge in [0.25, 0.3) is 0 Å². The molecule has 104 valence electrons. The fraction of sp³-hybridized carbons (Fsp3) is 0.400. The molecule has 0 fully saturated rings. The molecule has 1 atom stereocenters. The summed E-state index contributed by atoms with van der Waals surface area (Å²) in [5, 5.41) is 0. The average Bonchev–Trinajstić information content (AvgIpc) is 2.38. The van der Waals surface area contributed by atoms with Crippen LogP contribution in [0.4, 0.5) is 4.39 Å². The molecule has 0 saturated heterocycles. The molecule has 1 amide bonds. The van der Waals surface area contributed by atoms with Crippen LogP contribution in [0.1, 0.15) is 25.3 Å². The summed E-state index contributed by atoms with van der Waals surface area (Å²) >= 11 is 0. The van der Waals surface area contributed by atoms with Crippen LogP contribution >= 0.6 is 0 Å². The smallest absolute Gasteiger partial charge is 0.223 e. The molecule has 4 heteroatoms. The van der Waals surface area contributed by atoms with Crippen LogP contribution in [0, 0.1) is 5.82 Å². The highest BCUT2D eigenvalue weighted by molar-refractivity contribution is 5.76. The third kappa shape index (κ3) is 5.22. The number of carbonyl (C=O) groups is 1. The zero-order valence-electron chi connectivity index (χ0n) is 11.3. The number of rotatable bonds is 7. The van der Waals surface area contributed by atoms with Crippen molar-refractivity contribution in [1.29, 1.82) is 0 Å². The van der Waals surface area contributed by atoms with Crippen molar-refractivity contribution in [3.05, 3.63) is 48.3 Å². The highest BCUT2D eigenvalue weighted by Crippen LogP contribution is 2.11. The molecule has 1 aromatic rings. The third-order valence-electron chi connectivity index (χ3n) is 2.83. The monoisotopic (exact) mass is 264 g/mol. The first-order chi connectivity index (χ1) is 9.04. The SMILES string of the molecule is C=CCN(Cc1ccccc1F)C(=O)CCC(C)N. The van der Waals surface area contributed by atoms with E-state index in [-0.39, 0.29) is 24.3 Å². The van der Waals surface area contributed by atoms with Gasteiger partial charge in [-0.2, -0.15) is 0 Å². The van der Waals surface area contributed by atoms with E-state index in [1.165, 1.54) is 6.07 Å². The average molecular weight is 264 g/mol. The Morgan fingerprint density at radius 1 is 1.53 bits per heavy atom. The van der Waals surface area contributed by atoms with Crippen LogP contribution in [-0.4, -0.2) is 23.4 Å². The predicted molar refractivity (Wildman–Crippen MR) is 74.9 cm³/mol. The van der Waals surface area contributed by atoms with Crippen molar-refractivity contribution in [1.82, 2.24) is 4.90 Å². The Labute approximate surface area is 113 Å². The number of nitrogens with two attached hydrogens (primary N) is 1. The second-order valence-electron chi connectivity index (χ2n) is 4.67. The number of benzene rings is 1. The molecule has 1 aromatic carbocycles. The van der Waals surface area contributed by atoms with Gasteiger partial charge >= 0.3 is 0 Å². The molecule has 2 N–H and O–H groups in total. The molecule has 3 nitrogen and oxygen atoms in total. The van der Waals surface area contributed by atoms with E-state index in [0.29, 0.717) is 24.9 Å². The van der Waals surface area contributed by atoms with Crippen molar-refractivity contribution >= 4 is 5.91 Å². The van der Waals surface area contributed by atoms with E-state index in [0.717, 1.165) is 0 Å². The van der Waals surface area contributed by atoms with Crippen LogP contribution in [0.2, 0.25) is 0 Å². The van der Waals surface area contributed by atoms with E-state index in [1.54, 1.807) is 29.2 Å². The lowest BCUT2D eigenvalue weighted by atomic mass is 10.1. The molecule has 0 spiro atoms. The number of carbonyl (C=O) groups excluding carboxylic acids is 1. The van der Waals surface area contributed by atoms with Crippen LogP contribution in [0.3, 0.4) is 0 Å². The van der Waals surface area contributed by atoms with Crippen molar-refractivity contribution in [3.63, 3.8) is 0 Å². The first-order valence-electron chi connectivity index (χ1n) is 6.42. The second-order valence-corrected chi connectivity index (χ2v) is 4.67. The van der Waals surface area contributed by atoms with Gasteiger partial charge in [-0.25, -0.2) is 4.39 Å². The summed E-state index contributed by atoms with van der Waals surface area (Å²) in [6.45, 7) is 6.16. The van der Waals surface area contributed by atoms with Crippen molar-refractivity contribution in [2.75, 3.05) is 6.54 Å². The molecule has 1 unspecified atom stereocenters. The van der Waals surface area contributed by atoms with Gasteiger partial charge in [-0.15, -0.1) is 6.58 Å². The summed E-state index contributed by atoms with van der Waals surface area (Å²) in [6.07, 6.45) is 2.65. The number of nitrogens with zero attached hydrogens (tertiary/aromatic N) is 1. The first-order valence-corrected chi connectivity index (χ1v) is 6.42. The molecule has 0 saturated carbocycles. The molecular formula is C15H21FN2O. The number of halogens is 1. The summed E-state index contributed by atoms with van der Waals surface area (Å²) in [5.74, 6) is -0.322. The Balaban J connectivity index is 2.69. The van der Waals surface area contributed by atoms with Gasteiger partial charge < -0.3 is 10.6 Å². The van der Waals surface area contributed by atoms with E-state index in [4.69, 9.17) is 5.73 Å². The summed E-state index contributed by atoms with van der Waals surface area (Å²) in [6, 6.07) is 6.46. The molecule has 0 heterocycles. The van der Waals surface area contributed by atoms with Crippen LogP contribution in [0.25, 0.3) is 0 Å². The lowest BCUT2D eigenvalue weighted by molar-refractivity contribution is -0.131. The maximum atomic E-state index is 13.6. The summed E-state index contributed by atoms with van der Waals surface area (Å²) in [5.41, 5.74) is 6.15. The fourth-order valence-corrected chi connectivity index (χ4v) is 1.75. The van der Waals surface area contributed by atoms with Gasteiger partial charge in [-0.3, -0.25) is 4.79 Å². The van der Waals surface area contributed by atoms with Gasteiger partial charge in [0.1, 0.15) is 5.82 Å². The molecule has 0 aliphatic rings. The van der Waals surface area contributed by atoms with Crippen molar-refractivity contribution in [3.8, 4) is 0 Å². The minimum Gasteiger partial charge on any atom is -0.335 e. The van der Waals surface area contributed by atoms with E-state index in [1.807, 2.05) is 6.92 Å². The standard InChI is InChI=1S/C15H21FN2O/c1-3-10-18(15(19)9-8-12(2)17)11-13-6-4-5-7-14(13)16/h3-7,12H,1,8-11,17H2,2H3. The Bertz CT molecular complexity index is 432. The van der Waals surface area contributed by atoms with Gasteiger partial charge in [0.2, 0.25) is 5.91 Å². The van der Waals surface area contributed by atoms with Crippen LogP contribution in [0.5, 0.6) is 0 Å². The van der Waals surface area contributed by atoms with Gasteiger partial charge in [0.15, 0.2) is 0 Å². The lowest BCUT2D eigenvalue weighted by Gasteiger charge is -2.22. The summed E-state index contributed by atoms with van der Waals surface area (Å²) in [7, 11) is 0. The van der Waals surface area contributed by atoms with Crippen LogP contribution < -0.4 is 5.73 Å². The zero-order chi connectivity index (χ0) is 14.3. The largest absolute Gasteiger partial charge is 0.335 e. The molecule has 1 rings (SSSR count). The Morgan fingerprint density at radius 3 is 2.79 bits per heavy atom. The van der Waals surface area contributed by atoms with Crippen molar-refractivity contribution in [2.24, 2.45) is 5.73 Å². The Kier molecular flexibility index (Phi) is 6.22. The molecule has 0 aliphatic heterocycles. The van der Waals surface area contributed by atoms with Gasteiger partial charge in [-0.05, 0) is 19.4 Å². The molecule has 0 aliphatic carbocycles. The molecular weight excluding hydrogens is 243 g/mol. The predicted octanol–water partition coefficient (Wildman–Crippen LogP) is 2.47. The van der Waals surface area contributed by atoms with Crippen LogP contribution in [0.15, 0.2) is 36.9 Å². The molecule has 0 aromatic heterocycles. The maximum Gasteiger partial charge on any atom is 0.223 e. The quantitative estimate of drug-likeness (QED) is 0.769. The minimum atomic E-state index is -0.295. The molecule has 19 heavy (non-hydrogen) atoms. The van der Waals surface area contributed by atoms with Crippen LogP contribution in [-0.2, 0) is 11.3 Å². The highest BCUT2D eigenvalue weighted by Gasteiger charge is 2.14. The maximum absolute atomic E-state index is 13.6. The normalized spacial score (nSPS) is 11.9. The highest BCUT2D eigenvalue weighted by atomic mass is 19.1. The van der Waals surface area contributed by atoms with Crippen molar-refractivity contribution in [2.45, 2.75) is 32.4 Å². The van der Waals surface area contributed by atoms with E-state index in [2.05, 4.69) is 6.58 Å². The van der Waals surface area contributed by atoms with E-state index >= 15 is 0 Å². The molecule has 0 bridgehead atoms. The lowest BCUT2D eigenvalue weighted by Crippen LogP contribution is -2.32. The van der Waals surface area contributed by atoms with Gasteiger partial charge in [-0.1, -0.05) is 24.3 Å². The number of hydrogen-bond acceptors (Lipinski definition) is 2.